The number of aliphatic imine (C=N–C) groups is 1. The van der Waals surface area contributed by atoms with E-state index in [1.54, 1.807) is 0 Å². The zero-order valence-corrected chi connectivity index (χ0v) is 9.97. The molecule has 1 unspecified atom stereocenters. The maximum atomic E-state index is 4.51. The van der Waals surface area contributed by atoms with Gasteiger partial charge in [0, 0.05) is 12.2 Å². The molecule has 2 aliphatic rings. The summed E-state index contributed by atoms with van der Waals surface area (Å²) in [5.41, 5.74) is 1.17. The van der Waals surface area contributed by atoms with E-state index in [4.69, 9.17) is 0 Å². The van der Waals surface area contributed by atoms with Gasteiger partial charge in [-0.2, -0.15) is 0 Å². The van der Waals surface area contributed by atoms with Gasteiger partial charge < -0.3 is 0 Å². The second-order valence-corrected chi connectivity index (χ2v) is 4.41. The summed E-state index contributed by atoms with van der Waals surface area (Å²) in [4.78, 5) is 7.05. The lowest BCUT2D eigenvalue weighted by atomic mass is 10.1. The molecule has 2 rings (SSSR count). The Morgan fingerprint density at radius 1 is 1.06 bits per heavy atom. The van der Waals surface area contributed by atoms with Crippen LogP contribution in [0.15, 0.2) is 41.6 Å². The molecule has 0 aromatic carbocycles. The molecule has 2 nitrogen and oxygen atoms in total. The van der Waals surface area contributed by atoms with Gasteiger partial charge in [0.05, 0.1) is 5.71 Å². The van der Waals surface area contributed by atoms with E-state index in [9.17, 15) is 0 Å². The zero-order valence-electron chi connectivity index (χ0n) is 9.97. The van der Waals surface area contributed by atoms with Gasteiger partial charge in [0.15, 0.2) is 0 Å². The Bertz CT molecular complexity index is 331. The summed E-state index contributed by atoms with van der Waals surface area (Å²) in [5.74, 6) is 0. The van der Waals surface area contributed by atoms with Crippen molar-refractivity contribution in [2.24, 2.45) is 4.99 Å². The Morgan fingerprint density at radius 3 is 2.62 bits per heavy atom. The molecular weight excluding hydrogens is 196 g/mol. The number of nitrogens with zero attached hydrogens (tertiary/aromatic N) is 2. The second kappa shape index (κ2) is 5.80. The maximum Gasteiger partial charge on any atom is 0.0572 e. The predicted octanol–water partition coefficient (Wildman–Crippen LogP) is 2.94. The van der Waals surface area contributed by atoms with E-state index in [0.29, 0.717) is 6.04 Å². The van der Waals surface area contributed by atoms with Crippen molar-refractivity contribution in [1.82, 2.24) is 4.90 Å². The molecule has 0 aromatic rings. The molecule has 0 amide bonds. The smallest absolute Gasteiger partial charge is 0.0572 e. The molecule has 0 aromatic heterocycles. The molecule has 0 N–H and O–H groups in total. The van der Waals surface area contributed by atoms with Gasteiger partial charge in [0.25, 0.3) is 0 Å². The van der Waals surface area contributed by atoms with Crippen molar-refractivity contribution < 1.29 is 0 Å². The third kappa shape index (κ3) is 2.92. The van der Waals surface area contributed by atoms with Crippen molar-refractivity contribution in [2.75, 3.05) is 13.1 Å². The van der Waals surface area contributed by atoms with Gasteiger partial charge in [-0.3, -0.25) is 9.89 Å². The first-order valence-corrected chi connectivity index (χ1v) is 6.19. The Morgan fingerprint density at radius 2 is 1.81 bits per heavy atom. The van der Waals surface area contributed by atoms with Crippen LogP contribution in [0, 0.1) is 0 Å². The summed E-state index contributed by atoms with van der Waals surface area (Å²) in [7, 11) is 0. The molecule has 2 heterocycles. The van der Waals surface area contributed by atoms with E-state index in [0.717, 1.165) is 0 Å². The normalized spacial score (nSPS) is 23.7. The van der Waals surface area contributed by atoms with Crippen molar-refractivity contribution in [1.29, 1.82) is 0 Å². The summed E-state index contributed by atoms with van der Waals surface area (Å²) in [6.45, 7) is 4.69. The number of allylic oxidation sites excluding steroid dienone is 4. The van der Waals surface area contributed by atoms with Gasteiger partial charge in [-0.25, -0.2) is 0 Å². The van der Waals surface area contributed by atoms with Gasteiger partial charge in [-0.15, -0.1) is 0 Å². The van der Waals surface area contributed by atoms with Gasteiger partial charge in [-0.1, -0.05) is 24.6 Å². The monoisotopic (exact) mass is 216 g/mol. The van der Waals surface area contributed by atoms with Crippen LogP contribution < -0.4 is 0 Å². The fraction of sp³-hybridized carbons (Fsp3) is 0.500. The van der Waals surface area contributed by atoms with E-state index >= 15 is 0 Å². The van der Waals surface area contributed by atoms with Crippen molar-refractivity contribution in [3.05, 3.63) is 36.6 Å². The van der Waals surface area contributed by atoms with E-state index in [-0.39, 0.29) is 0 Å². The van der Waals surface area contributed by atoms with Gasteiger partial charge in [0.1, 0.15) is 0 Å². The lowest BCUT2D eigenvalue weighted by molar-refractivity contribution is 0.211. The number of hydrogen-bond acceptors (Lipinski definition) is 2. The highest BCUT2D eigenvalue weighted by atomic mass is 15.2. The summed E-state index contributed by atoms with van der Waals surface area (Å²) in [6.07, 6.45) is 16.2. The first kappa shape index (κ1) is 11.3. The molecule has 16 heavy (non-hydrogen) atoms. The molecular formula is C14H20N2. The summed E-state index contributed by atoms with van der Waals surface area (Å²) >= 11 is 0. The molecule has 1 fully saturated rings. The van der Waals surface area contributed by atoms with E-state index in [1.165, 1.54) is 38.1 Å². The summed E-state index contributed by atoms with van der Waals surface area (Å²) < 4.78 is 0. The van der Waals surface area contributed by atoms with Crippen LogP contribution in [0.3, 0.4) is 0 Å². The Labute approximate surface area is 98.1 Å². The number of rotatable bonds is 2. The quantitative estimate of drug-likeness (QED) is 0.693. The number of hydrogen-bond donors (Lipinski definition) is 0. The largest absolute Gasteiger partial charge is 0.295 e. The molecule has 0 spiro atoms. The molecule has 86 valence electrons. The van der Waals surface area contributed by atoms with Crippen LogP contribution in [-0.4, -0.2) is 29.7 Å². The molecule has 2 heteroatoms. The van der Waals surface area contributed by atoms with Crippen LogP contribution in [0.25, 0.3) is 0 Å². The standard InChI is InChI=1S/C14H20N2/c1-13(16-11-7-4-8-12-16)14-9-5-2-3-6-10-15-14/h2-3,5-6,9-10,13H,4,7-8,11-12H2,1H3. The van der Waals surface area contributed by atoms with Gasteiger partial charge in [0.2, 0.25) is 0 Å². The molecule has 0 bridgehead atoms. The van der Waals surface area contributed by atoms with E-state index in [2.05, 4.69) is 29.0 Å². The Hall–Kier alpha value is -1.15. The van der Waals surface area contributed by atoms with Gasteiger partial charge >= 0.3 is 0 Å². The summed E-state index contributed by atoms with van der Waals surface area (Å²) in [6, 6.07) is 0.438. The lowest BCUT2D eigenvalue weighted by Crippen LogP contribution is -2.41. The van der Waals surface area contributed by atoms with Crippen molar-refractivity contribution >= 4 is 5.71 Å². The minimum Gasteiger partial charge on any atom is -0.295 e. The first-order valence-electron chi connectivity index (χ1n) is 6.19. The fourth-order valence-electron chi connectivity index (χ4n) is 2.24. The van der Waals surface area contributed by atoms with Crippen molar-refractivity contribution in [3.63, 3.8) is 0 Å². The lowest BCUT2D eigenvalue weighted by Gasteiger charge is -2.32. The molecule has 0 radical (unpaired) electrons. The molecule has 1 atom stereocenters. The highest BCUT2D eigenvalue weighted by Gasteiger charge is 2.19. The molecule has 2 aliphatic heterocycles. The van der Waals surface area contributed by atoms with Crippen LogP contribution in [0.1, 0.15) is 26.2 Å². The molecule has 0 saturated carbocycles. The minimum atomic E-state index is 0.438. The molecule has 0 aliphatic carbocycles. The minimum absolute atomic E-state index is 0.438. The average molecular weight is 216 g/mol. The average Bonchev–Trinajstić information content (AvgIpc) is 2.29. The third-order valence-electron chi connectivity index (χ3n) is 3.28. The van der Waals surface area contributed by atoms with Crippen LogP contribution in [0.5, 0.6) is 0 Å². The van der Waals surface area contributed by atoms with E-state index in [1.807, 2.05) is 24.4 Å². The van der Waals surface area contributed by atoms with Crippen LogP contribution in [-0.2, 0) is 0 Å². The first-order chi connectivity index (χ1) is 7.88. The Kier molecular flexibility index (Phi) is 4.11. The second-order valence-electron chi connectivity index (χ2n) is 4.41. The highest BCUT2D eigenvalue weighted by molar-refractivity contribution is 5.99. The maximum absolute atomic E-state index is 4.51. The van der Waals surface area contributed by atoms with Crippen molar-refractivity contribution in [3.8, 4) is 0 Å². The van der Waals surface area contributed by atoms with Crippen LogP contribution in [0.2, 0.25) is 0 Å². The van der Waals surface area contributed by atoms with Crippen LogP contribution >= 0.6 is 0 Å². The van der Waals surface area contributed by atoms with Crippen LogP contribution in [0.4, 0.5) is 0 Å². The van der Waals surface area contributed by atoms with Crippen molar-refractivity contribution in [2.45, 2.75) is 32.2 Å². The molecule has 1 saturated heterocycles. The topological polar surface area (TPSA) is 15.6 Å². The summed E-state index contributed by atoms with van der Waals surface area (Å²) in [5, 5.41) is 0. The SMILES string of the molecule is CC(C1=NC=CC=CC=C1)N1CCCCC1. The zero-order chi connectivity index (χ0) is 11.2. The number of likely N-dealkylation sites (tertiary alicyclic amines) is 1. The Balaban J connectivity index is 2.04. The third-order valence-corrected chi connectivity index (χ3v) is 3.28. The highest BCUT2D eigenvalue weighted by Crippen LogP contribution is 2.14. The fourth-order valence-corrected chi connectivity index (χ4v) is 2.24. The van der Waals surface area contributed by atoms with E-state index < -0.39 is 0 Å². The van der Waals surface area contributed by atoms with Gasteiger partial charge in [-0.05, 0) is 45.0 Å². The predicted molar refractivity (Wildman–Crippen MR) is 69.7 cm³/mol. The number of piperidine rings is 1.